The summed E-state index contributed by atoms with van der Waals surface area (Å²) in [7, 11) is 0. The van der Waals surface area contributed by atoms with E-state index in [9.17, 15) is 15.0 Å². The molecular weight excluding hydrogens is 651 g/mol. The van der Waals surface area contributed by atoms with E-state index in [1.807, 2.05) is 0 Å². The summed E-state index contributed by atoms with van der Waals surface area (Å²) in [6, 6.07) is -0.537. The van der Waals surface area contributed by atoms with E-state index < -0.39 is 12.1 Å². The average molecular weight is 748 g/mol. The van der Waals surface area contributed by atoms with Gasteiger partial charge in [-0.2, -0.15) is 0 Å². The van der Waals surface area contributed by atoms with Crippen molar-refractivity contribution in [2.45, 2.75) is 289 Å². The molecule has 0 aromatic carbocycles. The Bertz CT molecular complexity index is 725. The van der Waals surface area contributed by atoms with Gasteiger partial charge in [0.1, 0.15) is 0 Å². The molecule has 0 bridgehead atoms. The monoisotopic (exact) mass is 748 g/mol. The van der Waals surface area contributed by atoms with Crippen molar-refractivity contribution in [3.8, 4) is 0 Å². The maximum atomic E-state index is 12.4. The van der Waals surface area contributed by atoms with Crippen molar-refractivity contribution in [3.63, 3.8) is 0 Å². The molecular formula is C49H97NO3. The summed E-state index contributed by atoms with van der Waals surface area (Å²) in [5.41, 5.74) is 0. The quantitative estimate of drug-likeness (QED) is 0.0429. The first-order chi connectivity index (χ1) is 26.2. The molecule has 0 spiro atoms. The number of allylic oxidation sites excluding steroid dienone is 2. The minimum Gasteiger partial charge on any atom is -0.394 e. The molecule has 0 aliphatic carbocycles. The maximum absolute atomic E-state index is 12.4. The van der Waals surface area contributed by atoms with Crippen LogP contribution in [0.25, 0.3) is 0 Å². The number of carbonyl (C=O) groups excluding carboxylic acids is 1. The first kappa shape index (κ1) is 52.1. The van der Waals surface area contributed by atoms with Gasteiger partial charge < -0.3 is 15.5 Å². The van der Waals surface area contributed by atoms with Crippen LogP contribution in [0, 0.1) is 0 Å². The molecule has 0 radical (unpaired) electrons. The van der Waals surface area contributed by atoms with Crippen LogP contribution in [0.3, 0.4) is 0 Å². The fourth-order valence-electron chi connectivity index (χ4n) is 7.77. The van der Waals surface area contributed by atoms with Crippen molar-refractivity contribution in [2.24, 2.45) is 0 Å². The van der Waals surface area contributed by atoms with Crippen molar-refractivity contribution in [1.82, 2.24) is 5.32 Å². The normalized spacial score (nSPS) is 12.9. The zero-order chi connectivity index (χ0) is 38.6. The van der Waals surface area contributed by atoms with E-state index in [0.29, 0.717) is 12.8 Å². The van der Waals surface area contributed by atoms with Gasteiger partial charge in [0.25, 0.3) is 0 Å². The summed E-state index contributed by atoms with van der Waals surface area (Å²) in [4.78, 5) is 12.4. The van der Waals surface area contributed by atoms with Crippen LogP contribution in [0.5, 0.6) is 0 Å². The summed E-state index contributed by atoms with van der Waals surface area (Å²) < 4.78 is 0. The number of rotatable bonds is 45. The van der Waals surface area contributed by atoms with Crippen LogP contribution in [-0.2, 0) is 4.79 Å². The van der Waals surface area contributed by atoms with E-state index in [4.69, 9.17) is 0 Å². The first-order valence-electron chi connectivity index (χ1n) is 24.4. The molecule has 2 unspecified atom stereocenters. The number of hydrogen-bond acceptors (Lipinski definition) is 3. The predicted octanol–water partition coefficient (Wildman–Crippen LogP) is 15.4. The van der Waals surface area contributed by atoms with Gasteiger partial charge in [-0.3, -0.25) is 4.79 Å². The number of aliphatic hydroxyl groups excluding tert-OH is 2. The van der Waals surface area contributed by atoms with Gasteiger partial charge in [-0.05, 0) is 38.5 Å². The van der Waals surface area contributed by atoms with Gasteiger partial charge in [0.2, 0.25) is 5.91 Å². The molecule has 3 N–H and O–H groups in total. The molecule has 0 heterocycles. The molecule has 316 valence electrons. The Morgan fingerprint density at radius 3 is 1.04 bits per heavy atom. The Hall–Kier alpha value is -0.870. The lowest BCUT2D eigenvalue weighted by Gasteiger charge is -2.22. The van der Waals surface area contributed by atoms with Crippen LogP contribution < -0.4 is 5.32 Å². The number of hydrogen-bond donors (Lipinski definition) is 3. The lowest BCUT2D eigenvalue weighted by atomic mass is 10.0. The smallest absolute Gasteiger partial charge is 0.220 e. The molecule has 0 saturated carbocycles. The highest BCUT2D eigenvalue weighted by Crippen LogP contribution is 2.17. The van der Waals surface area contributed by atoms with Crippen molar-refractivity contribution >= 4 is 5.91 Å². The molecule has 2 atom stereocenters. The highest BCUT2D eigenvalue weighted by atomic mass is 16.3. The van der Waals surface area contributed by atoms with Gasteiger partial charge >= 0.3 is 0 Å². The van der Waals surface area contributed by atoms with E-state index in [0.717, 1.165) is 25.7 Å². The third-order valence-electron chi connectivity index (χ3n) is 11.5. The Balaban J connectivity index is 3.45. The number of aliphatic hydroxyl groups is 2. The zero-order valence-corrected chi connectivity index (χ0v) is 36.3. The molecule has 53 heavy (non-hydrogen) atoms. The molecule has 0 aromatic rings. The molecule has 0 saturated heterocycles. The summed E-state index contributed by atoms with van der Waals surface area (Å²) >= 11 is 0. The molecule has 0 aliphatic rings. The topological polar surface area (TPSA) is 69.6 Å². The Morgan fingerprint density at radius 2 is 0.717 bits per heavy atom. The van der Waals surface area contributed by atoms with Crippen LogP contribution >= 0.6 is 0 Å². The number of carbonyl (C=O) groups is 1. The fourth-order valence-corrected chi connectivity index (χ4v) is 7.77. The van der Waals surface area contributed by atoms with E-state index in [1.54, 1.807) is 0 Å². The second-order valence-corrected chi connectivity index (χ2v) is 16.9. The van der Waals surface area contributed by atoms with E-state index in [1.165, 1.54) is 225 Å². The summed E-state index contributed by atoms with van der Waals surface area (Å²) in [6.45, 7) is 4.38. The predicted molar refractivity (Wildman–Crippen MR) is 235 cm³/mol. The van der Waals surface area contributed by atoms with Crippen LogP contribution in [0.1, 0.15) is 277 Å². The van der Waals surface area contributed by atoms with E-state index in [-0.39, 0.29) is 12.5 Å². The Morgan fingerprint density at radius 1 is 0.434 bits per heavy atom. The van der Waals surface area contributed by atoms with Crippen molar-refractivity contribution in [3.05, 3.63) is 12.2 Å². The Kier molecular flexibility index (Phi) is 44.8. The van der Waals surface area contributed by atoms with Crippen molar-refractivity contribution < 1.29 is 15.0 Å². The van der Waals surface area contributed by atoms with Gasteiger partial charge in [0.15, 0.2) is 0 Å². The summed E-state index contributed by atoms with van der Waals surface area (Å²) in [5.74, 6) is -0.0359. The van der Waals surface area contributed by atoms with Crippen molar-refractivity contribution in [1.29, 1.82) is 0 Å². The standard InChI is InChI=1S/C49H97NO3/c1-3-5-7-9-11-13-15-17-19-21-22-23-24-25-26-27-28-29-30-32-34-36-38-40-42-44-48(52)47(46-51)50-49(53)45-43-41-39-37-35-33-31-20-18-16-14-12-10-8-6-4-2/h20,31,47-48,51-52H,3-19,21-30,32-46H2,1-2H3,(H,50,53)/b31-20-. The molecule has 0 aromatic heterocycles. The van der Waals surface area contributed by atoms with Gasteiger partial charge in [-0.15, -0.1) is 0 Å². The Labute approximate surface area is 333 Å². The lowest BCUT2D eigenvalue weighted by Crippen LogP contribution is -2.45. The minimum atomic E-state index is -0.660. The third-order valence-corrected chi connectivity index (χ3v) is 11.5. The van der Waals surface area contributed by atoms with Crippen LogP contribution in [-0.4, -0.2) is 34.9 Å². The SMILES string of the molecule is CCCCCCCCC/C=C\CCCCCCCC(=O)NC(CO)C(O)CCCCCCCCCCCCCCCCCCCCCCCCCCC. The van der Waals surface area contributed by atoms with Crippen LogP contribution in [0.4, 0.5) is 0 Å². The average Bonchev–Trinajstić information content (AvgIpc) is 3.16. The summed E-state index contributed by atoms with van der Waals surface area (Å²) in [5, 5.41) is 23.2. The van der Waals surface area contributed by atoms with E-state index >= 15 is 0 Å². The molecule has 0 fully saturated rings. The second kappa shape index (κ2) is 45.5. The highest BCUT2D eigenvalue weighted by molar-refractivity contribution is 5.76. The summed E-state index contributed by atoms with van der Waals surface area (Å²) in [6.07, 6.45) is 57.4. The van der Waals surface area contributed by atoms with Gasteiger partial charge in [0, 0.05) is 6.42 Å². The lowest BCUT2D eigenvalue weighted by molar-refractivity contribution is -0.123. The van der Waals surface area contributed by atoms with E-state index in [2.05, 4.69) is 31.3 Å². The van der Waals surface area contributed by atoms with Gasteiger partial charge in [-0.1, -0.05) is 244 Å². The second-order valence-electron chi connectivity index (χ2n) is 16.9. The molecule has 1 amide bonds. The molecule has 0 aliphatic heterocycles. The largest absolute Gasteiger partial charge is 0.394 e. The van der Waals surface area contributed by atoms with Crippen molar-refractivity contribution in [2.75, 3.05) is 6.61 Å². The molecule has 4 nitrogen and oxygen atoms in total. The highest BCUT2D eigenvalue weighted by Gasteiger charge is 2.20. The molecule has 4 heteroatoms. The third kappa shape index (κ3) is 42.1. The molecule has 0 rings (SSSR count). The van der Waals surface area contributed by atoms with Gasteiger partial charge in [0.05, 0.1) is 18.8 Å². The van der Waals surface area contributed by atoms with Gasteiger partial charge in [-0.25, -0.2) is 0 Å². The fraction of sp³-hybridized carbons (Fsp3) is 0.939. The number of amides is 1. The number of unbranched alkanes of at least 4 members (excludes halogenated alkanes) is 36. The maximum Gasteiger partial charge on any atom is 0.220 e. The van der Waals surface area contributed by atoms with Crippen LogP contribution in [0.15, 0.2) is 12.2 Å². The minimum absolute atomic E-state index is 0.0359. The number of nitrogens with one attached hydrogen (secondary N) is 1. The van der Waals surface area contributed by atoms with Crippen LogP contribution in [0.2, 0.25) is 0 Å². The zero-order valence-electron chi connectivity index (χ0n) is 36.3. The first-order valence-corrected chi connectivity index (χ1v) is 24.4.